The molecule has 0 spiro atoms. The van der Waals surface area contributed by atoms with Gasteiger partial charge in [-0.25, -0.2) is 4.98 Å². The van der Waals surface area contributed by atoms with E-state index in [2.05, 4.69) is 22.2 Å². The van der Waals surface area contributed by atoms with Crippen LogP contribution in [0.15, 0.2) is 47.4 Å². The number of benzene rings is 1. The number of aryl methyl sites for hydroxylation is 1. The van der Waals surface area contributed by atoms with Crippen LogP contribution in [0.3, 0.4) is 0 Å². The van der Waals surface area contributed by atoms with Gasteiger partial charge in [0.25, 0.3) is 0 Å². The summed E-state index contributed by atoms with van der Waals surface area (Å²) in [5, 5.41) is 3.56. The first-order chi connectivity index (χ1) is 15.4. The fraction of sp³-hybridized carbons (Fsp3) is 0.333. The molecular weight excluding hydrogens is 406 g/mol. The summed E-state index contributed by atoms with van der Waals surface area (Å²) in [6.07, 6.45) is 3.86. The lowest BCUT2D eigenvalue weighted by molar-refractivity contribution is -0.146. The Labute approximate surface area is 185 Å². The van der Waals surface area contributed by atoms with E-state index < -0.39 is 11.8 Å². The highest BCUT2D eigenvalue weighted by Gasteiger charge is 2.34. The van der Waals surface area contributed by atoms with Gasteiger partial charge < -0.3 is 20.9 Å². The minimum absolute atomic E-state index is 0.159. The third kappa shape index (κ3) is 4.34. The van der Waals surface area contributed by atoms with Crippen LogP contribution in [0.25, 0.3) is 10.9 Å². The lowest BCUT2D eigenvalue weighted by atomic mass is 9.89. The van der Waals surface area contributed by atoms with Crippen molar-refractivity contribution < 1.29 is 9.59 Å². The normalized spacial score (nSPS) is 18.5. The Morgan fingerprint density at radius 3 is 2.81 bits per heavy atom. The van der Waals surface area contributed by atoms with Gasteiger partial charge in [-0.05, 0) is 66.0 Å². The summed E-state index contributed by atoms with van der Waals surface area (Å²) in [4.78, 5) is 46.1. The molecule has 32 heavy (non-hydrogen) atoms. The van der Waals surface area contributed by atoms with Crippen LogP contribution in [0.2, 0.25) is 0 Å². The Morgan fingerprint density at radius 1 is 1.22 bits per heavy atom. The molecule has 0 unspecified atom stereocenters. The van der Waals surface area contributed by atoms with Crippen molar-refractivity contribution in [2.75, 3.05) is 17.6 Å². The highest BCUT2D eigenvalue weighted by Crippen LogP contribution is 2.34. The summed E-state index contributed by atoms with van der Waals surface area (Å²) in [7, 11) is 0. The van der Waals surface area contributed by atoms with Crippen molar-refractivity contribution in [2.24, 2.45) is 5.92 Å². The van der Waals surface area contributed by atoms with Crippen molar-refractivity contribution in [3.8, 4) is 0 Å². The van der Waals surface area contributed by atoms with Gasteiger partial charge in [-0.1, -0.05) is 19.9 Å². The van der Waals surface area contributed by atoms with E-state index in [0.717, 1.165) is 34.9 Å². The molecule has 3 heterocycles. The molecule has 4 N–H and O–H groups in total. The fourth-order valence-corrected chi connectivity index (χ4v) is 4.29. The maximum absolute atomic E-state index is 13.2. The zero-order valence-corrected chi connectivity index (χ0v) is 18.2. The smallest absolute Gasteiger partial charge is 0.313 e. The number of pyridine rings is 2. The largest absolute Gasteiger partial charge is 0.383 e. The van der Waals surface area contributed by atoms with Crippen molar-refractivity contribution in [1.29, 1.82) is 0 Å². The Morgan fingerprint density at radius 2 is 2.03 bits per heavy atom. The molecule has 3 aromatic rings. The zero-order chi connectivity index (χ0) is 22.8. The van der Waals surface area contributed by atoms with Crippen molar-refractivity contribution in [2.45, 2.75) is 39.2 Å². The van der Waals surface area contributed by atoms with Gasteiger partial charge >= 0.3 is 11.8 Å². The number of carbonyl (C=O) groups excluding carboxylic acids is 2. The molecule has 0 aliphatic carbocycles. The van der Waals surface area contributed by atoms with E-state index in [0.29, 0.717) is 30.4 Å². The van der Waals surface area contributed by atoms with Gasteiger partial charge in [0.15, 0.2) is 0 Å². The molecule has 1 saturated heterocycles. The molecule has 8 nitrogen and oxygen atoms in total. The SMILES string of the molecule is CCc1cc(NC(=O)C(=O)N2C[C@H](C)CC[C@H]2c2ccc3[nH]c(=O)ccc3c2)cnc1N. The molecular formula is C24H27N5O3. The summed E-state index contributed by atoms with van der Waals surface area (Å²) >= 11 is 0. The second-order valence-corrected chi connectivity index (χ2v) is 8.40. The molecule has 0 bridgehead atoms. The van der Waals surface area contributed by atoms with E-state index in [1.165, 1.54) is 12.3 Å². The standard InChI is InChI=1S/C24H27N5O3/c1-3-15-11-18(12-26-22(15)25)27-23(31)24(32)29-13-14(2)4-8-20(29)17-5-7-19-16(10-17)6-9-21(30)28-19/h5-7,9-12,14,20H,3-4,8,13H2,1-2H3,(H2,25,26)(H,27,31)(H,28,30)/t14-,20+/m1/s1. The summed E-state index contributed by atoms with van der Waals surface area (Å²) < 4.78 is 0. The quantitative estimate of drug-likeness (QED) is 0.548. The number of nitrogens with one attached hydrogen (secondary N) is 2. The number of anilines is 2. The first kappa shape index (κ1) is 21.5. The van der Waals surface area contributed by atoms with Gasteiger partial charge in [0.2, 0.25) is 5.56 Å². The van der Waals surface area contributed by atoms with Crippen LogP contribution in [0.4, 0.5) is 11.5 Å². The monoisotopic (exact) mass is 433 g/mol. The van der Waals surface area contributed by atoms with Crippen LogP contribution in [0.5, 0.6) is 0 Å². The second-order valence-electron chi connectivity index (χ2n) is 8.40. The Kier molecular flexibility index (Phi) is 5.94. The van der Waals surface area contributed by atoms with E-state index in [1.54, 1.807) is 17.0 Å². The van der Waals surface area contributed by atoms with Crippen LogP contribution in [0.1, 0.15) is 43.9 Å². The average molecular weight is 434 g/mol. The number of hydrogen-bond acceptors (Lipinski definition) is 5. The summed E-state index contributed by atoms with van der Waals surface area (Å²) in [5.41, 5.74) is 8.62. The first-order valence-electron chi connectivity index (χ1n) is 10.8. The molecule has 1 aliphatic rings. The fourth-order valence-electron chi connectivity index (χ4n) is 4.29. The maximum atomic E-state index is 13.2. The van der Waals surface area contributed by atoms with Crippen LogP contribution in [-0.2, 0) is 16.0 Å². The van der Waals surface area contributed by atoms with E-state index in [9.17, 15) is 14.4 Å². The Bertz CT molecular complexity index is 1240. The molecule has 2 atom stereocenters. The molecule has 0 saturated carbocycles. The van der Waals surface area contributed by atoms with Crippen molar-refractivity contribution in [1.82, 2.24) is 14.9 Å². The Hall–Kier alpha value is -3.68. The number of hydrogen-bond donors (Lipinski definition) is 3. The molecule has 166 valence electrons. The zero-order valence-electron chi connectivity index (χ0n) is 18.2. The number of aromatic nitrogens is 2. The molecule has 4 rings (SSSR count). The van der Waals surface area contributed by atoms with Crippen molar-refractivity contribution >= 4 is 34.2 Å². The van der Waals surface area contributed by atoms with Gasteiger partial charge in [-0.2, -0.15) is 0 Å². The molecule has 2 aromatic heterocycles. The van der Waals surface area contributed by atoms with E-state index in [4.69, 9.17) is 5.73 Å². The first-order valence-corrected chi connectivity index (χ1v) is 10.8. The predicted octanol–water partition coefficient (Wildman–Crippen LogP) is 3.01. The topological polar surface area (TPSA) is 121 Å². The number of nitrogen functional groups attached to an aromatic ring is 1. The van der Waals surface area contributed by atoms with Crippen LogP contribution in [0, 0.1) is 5.92 Å². The number of carbonyl (C=O) groups is 2. The molecule has 1 fully saturated rings. The van der Waals surface area contributed by atoms with Crippen LogP contribution in [-0.4, -0.2) is 33.2 Å². The van der Waals surface area contributed by atoms with Crippen LogP contribution < -0.4 is 16.6 Å². The molecule has 1 aliphatic heterocycles. The molecule has 2 amide bonds. The van der Waals surface area contributed by atoms with Gasteiger partial charge in [0, 0.05) is 18.1 Å². The number of fused-ring (bicyclic) bond motifs is 1. The van der Waals surface area contributed by atoms with Gasteiger partial charge in [-0.3, -0.25) is 14.4 Å². The number of piperidine rings is 1. The average Bonchev–Trinajstić information content (AvgIpc) is 2.79. The third-order valence-corrected chi connectivity index (χ3v) is 6.05. The second kappa shape index (κ2) is 8.82. The Balaban J connectivity index is 1.59. The number of rotatable bonds is 3. The lowest BCUT2D eigenvalue weighted by Crippen LogP contribution is -2.46. The number of nitrogens with zero attached hydrogens (tertiary/aromatic N) is 2. The summed E-state index contributed by atoms with van der Waals surface area (Å²) in [6, 6.07) is 10.5. The van der Waals surface area contributed by atoms with E-state index in [1.807, 2.05) is 25.1 Å². The number of aromatic amines is 1. The minimum atomic E-state index is -0.692. The lowest BCUT2D eigenvalue weighted by Gasteiger charge is -2.38. The summed E-state index contributed by atoms with van der Waals surface area (Å²) in [5.74, 6) is -0.551. The van der Waals surface area contributed by atoms with Gasteiger partial charge in [0.05, 0.1) is 17.9 Å². The molecule has 0 radical (unpaired) electrons. The highest BCUT2D eigenvalue weighted by atomic mass is 16.2. The maximum Gasteiger partial charge on any atom is 0.313 e. The third-order valence-electron chi connectivity index (χ3n) is 6.05. The molecule has 8 heteroatoms. The van der Waals surface area contributed by atoms with E-state index in [-0.39, 0.29) is 11.6 Å². The summed E-state index contributed by atoms with van der Waals surface area (Å²) in [6.45, 7) is 4.53. The number of H-pyrrole nitrogens is 1. The predicted molar refractivity (Wildman–Crippen MR) is 124 cm³/mol. The molecule has 1 aromatic carbocycles. The van der Waals surface area contributed by atoms with Gasteiger partial charge in [-0.15, -0.1) is 0 Å². The number of likely N-dealkylation sites (tertiary alicyclic amines) is 1. The van der Waals surface area contributed by atoms with Crippen molar-refractivity contribution in [3.63, 3.8) is 0 Å². The van der Waals surface area contributed by atoms with E-state index >= 15 is 0 Å². The minimum Gasteiger partial charge on any atom is -0.383 e. The van der Waals surface area contributed by atoms with Crippen LogP contribution >= 0.6 is 0 Å². The van der Waals surface area contributed by atoms with Gasteiger partial charge in [0.1, 0.15) is 5.82 Å². The number of nitrogens with two attached hydrogens (primary N) is 1. The number of amides is 2. The highest BCUT2D eigenvalue weighted by molar-refractivity contribution is 6.39. The van der Waals surface area contributed by atoms with Crippen molar-refractivity contribution in [3.05, 3.63) is 64.1 Å².